The lowest BCUT2D eigenvalue weighted by Gasteiger charge is -2.04. The number of benzene rings is 1. The Morgan fingerprint density at radius 3 is 2.82 bits per heavy atom. The van der Waals surface area contributed by atoms with E-state index in [2.05, 4.69) is 15.1 Å². The molecule has 6 heteroatoms. The highest BCUT2D eigenvalue weighted by atomic mass is 35.5. The number of nitrogens with one attached hydrogen (secondary N) is 1. The fourth-order valence-corrected chi connectivity index (χ4v) is 1.68. The van der Waals surface area contributed by atoms with Gasteiger partial charge in [0.1, 0.15) is 0 Å². The molecule has 0 aliphatic carbocycles. The van der Waals surface area contributed by atoms with Gasteiger partial charge in [0.25, 0.3) is 0 Å². The maximum Gasteiger partial charge on any atom is 0.246 e. The molecular formula is C11H12ClN3O2. The Kier molecular flexibility index (Phi) is 3.61. The minimum absolute atomic E-state index is 0.393. The SMILES string of the molecule is C[n+]1noc([O-])c1CNCc1ccccc1Cl. The van der Waals surface area contributed by atoms with Gasteiger partial charge in [0.2, 0.25) is 5.69 Å². The van der Waals surface area contributed by atoms with E-state index in [0.717, 1.165) is 5.56 Å². The van der Waals surface area contributed by atoms with E-state index in [1.807, 2.05) is 24.3 Å². The van der Waals surface area contributed by atoms with Crippen LogP contribution in [0.5, 0.6) is 5.95 Å². The summed E-state index contributed by atoms with van der Waals surface area (Å²) in [5, 5.41) is 18.6. The van der Waals surface area contributed by atoms with Crippen molar-refractivity contribution in [3.8, 4) is 5.95 Å². The van der Waals surface area contributed by atoms with E-state index in [4.69, 9.17) is 11.6 Å². The lowest BCUT2D eigenvalue weighted by molar-refractivity contribution is -0.746. The van der Waals surface area contributed by atoms with Gasteiger partial charge in [0, 0.05) is 11.6 Å². The number of rotatable bonds is 4. The summed E-state index contributed by atoms with van der Waals surface area (Å²) in [6.45, 7) is 0.981. The maximum absolute atomic E-state index is 11.2. The van der Waals surface area contributed by atoms with Crippen molar-refractivity contribution in [1.29, 1.82) is 0 Å². The molecule has 0 bridgehead atoms. The standard InChI is InChI=1S/C11H12ClN3O2/c1-15-10(11(16)17-14-15)7-13-6-8-4-2-3-5-9(8)12/h2-5,13H,6-7H2,1H3. The van der Waals surface area contributed by atoms with E-state index in [9.17, 15) is 5.11 Å². The Hall–Kier alpha value is -1.59. The van der Waals surface area contributed by atoms with Gasteiger partial charge in [-0.1, -0.05) is 34.5 Å². The van der Waals surface area contributed by atoms with Crippen molar-refractivity contribution in [2.24, 2.45) is 7.05 Å². The topological polar surface area (TPSA) is 65.0 Å². The third kappa shape index (κ3) is 2.75. The van der Waals surface area contributed by atoms with Crippen LogP contribution in [0.15, 0.2) is 28.8 Å². The quantitative estimate of drug-likeness (QED) is 0.807. The molecule has 0 radical (unpaired) electrons. The smallest absolute Gasteiger partial charge is 0.246 e. The second-order valence-electron chi connectivity index (χ2n) is 3.63. The van der Waals surface area contributed by atoms with Crippen molar-refractivity contribution >= 4 is 11.6 Å². The van der Waals surface area contributed by atoms with E-state index < -0.39 is 5.95 Å². The first-order chi connectivity index (χ1) is 8.18. The summed E-state index contributed by atoms with van der Waals surface area (Å²) in [5.74, 6) is -0.417. The van der Waals surface area contributed by atoms with Crippen molar-refractivity contribution < 1.29 is 14.3 Å². The highest BCUT2D eigenvalue weighted by Crippen LogP contribution is 2.14. The monoisotopic (exact) mass is 253 g/mol. The van der Waals surface area contributed by atoms with Gasteiger partial charge in [-0.15, -0.1) is 0 Å². The molecule has 0 fully saturated rings. The Bertz CT molecular complexity index is 494. The van der Waals surface area contributed by atoms with Gasteiger partial charge in [0.05, 0.1) is 11.8 Å². The third-order valence-corrected chi connectivity index (χ3v) is 2.81. The number of nitrogens with zero attached hydrogens (tertiary/aromatic N) is 2. The predicted molar refractivity (Wildman–Crippen MR) is 59.1 cm³/mol. The van der Waals surface area contributed by atoms with E-state index in [0.29, 0.717) is 23.8 Å². The second-order valence-corrected chi connectivity index (χ2v) is 4.03. The van der Waals surface area contributed by atoms with Crippen molar-refractivity contribution in [1.82, 2.24) is 10.6 Å². The molecule has 1 aromatic carbocycles. The average Bonchev–Trinajstić information content (AvgIpc) is 2.63. The minimum Gasteiger partial charge on any atom is -0.539 e. The average molecular weight is 254 g/mol. The van der Waals surface area contributed by atoms with Crippen LogP contribution >= 0.6 is 11.6 Å². The lowest BCUT2D eigenvalue weighted by atomic mass is 10.2. The first-order valence-corrected chi connectivity index (χ1v) is 5.52. The van der Waals surface area contributed by atoms with Crippen molar-refractivity contribution in [3.63, 3.8) is 0 Å². The molecule has 17 heavy (non-hydrogen) atoms. The molecular weight excluding hydrogens is 242 g/mol. The van der Waals surface area contributed by atoms with E-state index >= 15 is 0 Å². The van der Waals surface area contributed by atoms with Crippen LogP contribution in [0.3, 0.4) is 0 Å². The van der Waals surface area contributed by atoms with Crippen LogP contribution in [0.2, 0.25) is 5.02 Å². The Morgan fingerprint density at radius 2 is 2.18 bits per heavy atom. The zero-order chi connectivity index (χ0) is 12.3. The molecule has 5 nitrogen and oxygen atoms in total. The number of hydrogen-bond donors (Lipinski definition) is 1. The first-order valence-electron chi connectivity index (χ1n) is 5.14. The van der Waals surface area contributed by atoms with Crippen molar-refractivity contribution in [3.05, 3.63) is 40.5 Å². The molecule has 2 aromatic rings. The van der Waals surface area contributed by atoms with Gasteiger partial charge in [-0.05, 0) is 11.6 Å². The van der Waals surface area contributed by atoms with E-state index in [1.54, 1.807) is 7.05 Å². The third-order valence-electron chi connectivity index (χ3n) is 2.44. The van der Waals surface area contributed by atoms with Gasteiger partial charge in [-0.2, -0.15) is 0 Å². The van der Waals surface area contributed by atoms with Crippen LogP contribution in [0.4, 0.5) is 0 Å². The largest absolute Gasteiger partial charge is 0.539 e. The second kappa shape index (κ2) is 5.16. The fraction of sp³-hybridized carbons (Fsp3) is 0.273. The summed E-state index contributed by atoms with van der Waals surface area (Å²) in [4.78, 5) is 0. The first kappa shape index (κ1) is 11.9. The molecule has 90 valence electrons. The summed E-state index contributed by atoms with van der Waals surface area (Å²) < 4.78 is 5.93. The molecule has 0 unspecified atom stereocenters. The number of aromatic nitrogens is 2. The molecule has 1 N–H and O–H groups in total. The highest BCUT2D eigenvalue weighted by molar-refractivity contribution is 6.31. The van der Waals surface area contributed by atoms with Crippen LogP contribution in [0, 0.1) is 0 Å². The number of hydrogen-bond acceptors (Lipinski definition) is 4. The molecule has 0 spiro atoms. The van der Waals surface area contributed by atoms with Crippen LogP contribution in [-0.2, 0) is 20.1 Å². The zero-order valence-electron chi connectivity index (χ0n) is 9.31. The molecule has 0 aliphatic heterocycles. The lowest BCUT2D eigenvalue weighted by Crippen LogP contribution is -2.36. The molecule has 0 saturated carbocycles. The van der Waals surface area contributed by atoms with Gasteiger partial charge in [-0.3, -0.25) is 0 Å². The van der Waals surface area contributed by atoms with Crippen LogP contribution in [-0.4, -0.2) is 5.27 Å². The van der Waals surface area contributed by atoms with Crippen molar-refractivity contribution in [2.45, 2.75) is 13.1 Å². The van der Waals surface area contributed by atoms with Crippen LogP contribution in [0.1, 0.15) is 11.3 Å². The normalized spacial score (nSPS) is 10.7. The van der Waals surface area contributed by atoms with Gasteiger partial charge in [0.15, 0.2) is 13.0 Å². The predicted octanol–water partition coefficient (Wildman–Crippen LogP) is 0.516. The maximum atomic E-state index is 11.2. The van der Waals surface area contributed by atoms with Gasteiger partial charge >= 0.3 is 0 Å². The summed E-state index contributed by atoms with van der Waals surface area (Å²) in [6, 6.07) is 7.56. The van der Waals surface area contributed by atoms with E-state index in [-0.39, 0.29) is 0 Å². The Labute approximate surface area is 104 Å². The molecule has 0 amide bonds. The molecule has 0 aliphatic rings. The molecule has 0 atom stereocenters. The molecule has 0 saturated heterocycles. The summed E-state index contributed by atoms with van der Waals surface area (Å²) in [7, 11) is 1.66. The highest BCUT2D eigenvalue weighted by Gasteiger charge is 2.12. The van der Waals surface area contributed by atoms with Gasteiger partial charge in [-0.25, -0.2) is 0 Å². The fourth-order valence-electron chi connectivity index (χ4n) is 1.48. The Balaban J connectivity index is 1.95. The molecule has 1 heterocycles. The summed E-state index contributed by atoms with van der Waals surface area (Å²) >= 11 is 6.01. The van der Waals surface area contributed by atoms with Crippen molar-refractivity contribution in [2.75, 3.05) is 0 Å². The number of halogens is 1. The minimum atomic E-state index is -0.417. The van der Waals surface area contributed by atoms with Gasteiger partial charge < -0.3 is 14.9 Å². The zero-order valence-corrected chi connectivity index (χ0v) is 10.1. The Morgan fingerprint density at radius 1 is 1.41 bits per heavy atom. The molecule has 1 aromatic heterocycles. The molecule has 2 rings (SSSR count). The van der Waals surface area contributed by atoms with E-state index in [1.165, 1.54) is 4.68 Å². The summed E-state index contributed by atoms with van der Waals surface area (Å²) in [6.07, 6.45) is 0. The summed E-state index contributed by atoms with van der Waals surface area (Å²) in [5.41, 5.74) is 1.47. The number of aryl methyl sites for hydroxylation is 1. The van der Waals surface area contributed by atoms with Crippen LogP contribution in [0.25, 0.3) is 0 Å². The van der Waals surface area contributed by atoms with Crippen LogP contribution < -0.4 is 15.1 Å².